The van der Waals surface area contributed by atoms with E-state index in [0.29, 0.717) is 5.92 Å². The Morgan fingerprint density at radius 1 is 0.534 bits per heavy atom. The van der Waals surface area contributed by atoms with Gasteiger partial charge < -0.3 is 9.32 Å². The van der Waals surface area contributed by atoms with Gasteiger partial charge in [-0.1, -0.05) is 148 Å². The van der Waals surface area contributed by atoms with Crippen molar-refractivity contribution in [3.63, 3.8) is 0 Å². The van der Waals surface area contributed by atoms with Gasteiger partial charge in [0.15, 0.2) is 0 Å². The molecular formula is C56H43NO. The molecule has 9 aromatic rings. The van der Waals surface area contributed by atoms with E-state index in [0.717, 1.165) is 38.9 Å². The van der Waals surface area contributed by atoms with Crippen molar-refractivity contribution < 1.29 is 4.42 Å². The Balaban J connectivity index is 1.10. The number of para-hydroxylation sites is 1. The first-order valence-corrected chi connectivity index (χ1v) is 21.2. The number of nitrogens with zero attached hydrogens (tertiary/aromatic N) is 1. The third-order valence-electron chi connectivity index (χ3n) is 14.9. The lowest BCUT2D eigenvalue weighted by molar-refractivity contribution is 0.327. The minimum absolute atomic E-state index is 0.0688. The van der Waals surface area contributed by atoms with Gasteiger partial charge in [0.1, 0.15) is 11.2 Å². The third-order valence-corrected chi connectivity index (χ3v) is 14.9. The molecule has 0 aliphatic heterocycles. The zero-order valence-electron chi connectivity index (χ0n) is 32.9. The Morgan fingerprint density at radius 3 is 2.03 bits per heavy atom. The molecule has 0 N–H and O–H groups in total. The van der Waals surface area contributed by atoms with Crippen LogP contribution in [0.1, 0.15) is 61.8 Å². The molecule has 2 saturated carbocycles. The maximum absolute atomic E-state index is 6.87. The average Bonchev–Trinajstić information content (AvgIpc) is 4.09. The highest BCUT2D eigenvalue weighted by atomic mass is 16.3. The lowest BCUT2D eigenvalue weighted by Crippen LogP contribution is -2.32. The molecule has 13 rings (SSSR count). The van der Waals surface area contributed by atoms with Gasteiger partial charge in [-0.2, -0.15) is 0 Å². The van der Waals surface area contributed by atoms with Crippen molar-refractivity contribution in [2.75, 3.05) is 4.90 Å². The molecule has 0 saturated heterocycles. The monoisotopic (exact) mass is 745 g/mol. The standard InChI is InChI=1S/C56H43NO/c1-55(2)46-20-8-5-16-40(46)43-18-11-19-44(53(43)55)42-17-7-10-22-49(42)57(50-23-12-24-51-52(50)45-29-26-35-13-3-4-14-38(35)54(45)58-51)37-28-30-41-39-15-6-9-21-47(39)56(48(41)32-37)33-34-25-27-36(56)31-34/h3-24,26,28-30,32,34,36H,25,27,31,33H2,1-2H3. The van der Waals surface area contributed by atoms with Crippen LogP contribution in [0.5, 0.6) is 0 Å². The van der Waals surface area contributed by atoms with E-state index in [9.17, 15) is 0 Å². The zero-order valence-corrected chi connectivity index (χ0v) is 32.9. The van der Waals surface area contributed by atoms with Gasteiger partial charge in [-0.05, 0) is 123 Å². The van der Waals surface area contributed by atoms with E-state index in [1.165, 1.54) is 92.5 Å². The van der Waals surface area contributed by atoms with Gasteiger partial charge in [0, 0.05) is 32.9 Å². The maximum Gasteiger partial charge on any atom is 0.143 e. The maximum atomic E-state index is 6.87. The Hall–Kier alpha value is -6.38. The number of hydrogen-bond acceptors (Lipinski definition) is 2. The third kappa shape index (κ3) is 4.17. The molecule has 2 bridgehead atoms. The fraction of sp³-hybridized carbons (Fsp3) is 0.179. The van der Waals surface area contributed by atoms with Crippen LogP contribution in [0, 0.1) is 11.8 Å². The summed E-state index contributed by atoms with van der Waals surface area (Å²) in [5, 5.41) is 4.61. The molecule has 1 aromatic heterocycles. The second-order valence-corrected chi connectivity index (χ2v) is 18.0. The summed E-state index contributed by atoms with van der Waals surface area (Å²) in [5.41, 5.74) is 19.2. The molecule has 4 aliphatic carbocycles. The van der Waals surface area contributed by atoms with E-state index in [1.54, 1.807) is 5.56 Å². The topological polar surface area (TPSA) is 16.4 Å². The Morgan fingerprint density at radius 2 is 1.21 bits per heavy atom. The van der Waals surface area contributed by atoms with Gasteiger partial charge >= 0.3 is 0 Å². The molecule has 1 heterocycles. The first kappa shape index (κ1) is 32.7. The van der Waals surface area contributed by atoms with E-state index in [2.05, 4.69) is 183 Å². The van der Waals surface area contributed by atoms with E-state index in [1.807, 2.05) is 0 Å². The van der Waals surface area contributed by atoms with Crippen LogP contribution < -0.4 is 4.90 Å². The minimum atomic E-state index is -0.157. The Bertz CT molecular complexity index is 3200. The molecule has 2 fully saturated rings. The van der Waals surface area contributed by atoms with Crippen molar-refractivity contribution in [1.82, 2.24) is 0 Å². The molecule has 278 valence electrons. The molecular weight excluding hydrogens is 703 g/mol. The summed E-state index contributed by atoms with van der Waals surface area (Å²) >= 11 is 0. The predicted octanol–water partition coefficient (Wildman–Crippen LogP) is 15.3. The number of fused-ring (bicyclic) bond motifs is 16. The molecule has 2 nitrogen and oxygen atoms in total. The normalized spacial score (nSPS) is 20.5. The first-order chi connectivity index (χ1) is 28.5. The summed E-state index contributed by atoms with van der Waals surface area (Å²) in [4.78, 5) is 2.57. The molecule has 58 heavy (non-hydrogen) atoms. The second-order valence-electron chi connectivity index (χ2n) is 18.0. The fourth-order valence-corrected chi connectivity index (χ4v) is 12.6. The van der Waals surface area contributed by atoms with Crippen LogP contribution in [0.3, 0.4) is 0 Å². The Labute approximate surface area is 339 Å². The van der Waals surface area contributed by atoms with Crippen LogP contribution in [-0.4, -0.2) is 0 Å². The summed E-state index contributed by atoms with van der Waals surface area (Å²) in [6.45, 7) is 4.80. The SMILES string of the molecule is CC1(C)c2ccccc2-c2cccc(-c3ccccc3N(c3ccc4c(c3)C3(CC5CCC3C5)c3ccccc3-4)c3cccc4oc5c6ccccc6ccc5c34)c21. The summed E-state index contributed by atoms with van der Waals surface area (Å²) in [6, 6.07) is 61.6. The van der Waals surface area contributed by atoms with Crippen molar-refractivity contribution in [3.8, 4) is 33.4 Å². The van der Waals surface area contributed by atoms with Crippen LogP contribution in [0.4, 0.5) is 17.1 Å². The van der Waals surface area contributed by atoms with Crippen LogP contribution in [-0.2, 0) is 10.8 Å². The largest absolute Gasteiger partial charge is 0.455 e. The van der Waals surface area contributed by atoms with Gasteiger partial charge in [0.2, 0.25) is 0 Å². The van der Waals surface area contributed by atoms with Crippen LogP contribution in [0.25, 0.3) is 66.1 Å². The highest BCUT2D eigenvalue weighted by Gasteiger charge is 2.56. The molecule has 1 spiro atoms. The quantitative estimate of drug-likeness (QED) is 0.178. The summed E-state index contributed by atoms with van der Waals surface area (Å²) in [6.07, 6.45) is 5.29. The van der Waals surface area contributed by atoms with E-state index in [4.69, 9.17) is 4.42 Å². The van der Waals surface area contributed by atoms with Crippen molar-refractivity contribution in [2.45, 2.75) is 50.4 Å². The fourth-order valence-electron chi connectivity index (χ4n) is 12.6. The van der Waals surface area contributed by atoms with Crippen LogP contribution in [0.15, 0.2) is 168 Å². The highest BCUT2D eigenvalue weighted by molar-refractivity contribution is 6.20. The second kappa shape index (κ2) is 11.6. The van der Waals surface area contributed by atoms with Gasteiger partial charge in [-0.25, -0.2) is 0 Å². The molecule has 3 unspecified atom stereocenters. The number of benzene rings is 8. The molecule has 3 atom stereocenters. The summed E-state index contributed by atoms with van der Waals surface area (Å²) in [7, 11) is 0. The van der Waals surface area contributed by atoms with Crippen LogP contribution >= 0.6 is 0 Å². The van der Waals surface area contributed by atoms with Crippen molar-refractivity contribution in [2.24, 2.45) is 11.8 Å². The van der Waals surface area contributed by atoms with Crippen molar-refractivity contribution >= 4 is 49.8 Å². The number of hydrogen-bond donors (Lipinski definition) is 0. The highest BCUT2D eigenvalue weighted by Crippen LogP contribution is 2.66. The van der Waals surface area contributed by atoms with E-state index >= 15 is 0 Å². The molecule has 2 heteroatoms. The number of rotatable bonds is 4. The van der Waals surface area contributed by atoms with Gasteiger partial charge in [0.05, 0.1) is 16.8 Å². The number of furan rings is 1. The smallest absolute Gasteiger partial charge is 0.143 e. The molecule has 0 amide bonds. The summed E-state index contributed by atoms with van der Waals surface area (Å²) in [5.74, 6) is 1.49. The molecule has 8 aromatic carbocycles. The number of anilines is 3. The lowest BCUT2D eigenvalue weighted by Gasteiger charge is -2.37. The predicted molar refractivity (Wildman–Crippen MR) is 241 cm³/mol. The van der Waals surface area contributed by atoms with E-state index in [-0.39, 0.29) is 10.8 Å². The van der Waals surface area contributed by atoms with Gasteiger partial charge in [-0.3, -0.25) is 0 Å². The zero-order chi connectivity index (χ0) is 38.3. The van der Waals surface area contributed by atoms with Crippen molar-refractivity contribution in [3.05, 3.63) is 186 Å². The van der Waals surface area contributed by atoms with E-state index < -0.39 is 0 Å². The van der Waals surface area contributed by atoms with Crippen molar-refractivity contribution in [1.29, 1.82) is 0 Å². The van der Waals surface area contributed by atoms with Gasteiger partial charge in [0.25, 0.3) is 0 Å². The lowest BCUT2D eigenvalue weighted by atomic mass is 9.67. The molecule has 4 aliphatic rings. The van der Waals surface area contributed by atoms with Crippen LogP contribution in [0.2, 0.25) is 0 Å². The summed E-state index contributed by atoms with van der Waals surface area (Å²) < 4.78 is 6.87. The Kier molecular flexibility index (Phi) is 6.54. The average molecular weight is 746 g/mol. The first-order valence-electron chi connectivity index (χ1n) is 21.2. The minimum Gasteiger partial charge on any atom is -0.455 e. The van der Waals surface area contributed by atoms with Gasteiger partial charge in [-0.15, -0.1) is 0 Å². The molecule has 0 radical (unpaired) electrons.